The summed E-state index contributed by atoms with van der Waals surface area (Å²) in [6, 6.07) is 17.6. The quantitative estimate of drug-likeness (QED) is 0.742. The first-order valence-corrected chi connectivity index (χ1v) is 11.4. The minimum atomic E-state index is 0.415. The fraction of sp³-hybridized carbons (Fsp3) is 0.538. The first-order chi connectivity index (χ1) is 14.1. The van der Waals surface area contributed by atoms with Crippen LogP contribution >= 0.6 is 0 Å². The Morgan fingerprint density at radius 2 is 1.62 bits per heavy atom. The van der Waals surface area contributed by atoms with Gasteiger partial charge in [-0.25, -0.2) is 0 Å². The number of quaternary nitrogens is 1. The summed E-state index contributed by atoms with van der Waals surface area (Å²) in [4.78, 5) is 1.69. The highest BCUT2D eigenvalue weighted by molar-refractivity contribution is 5.27. The Balaban J connectivity index is 0.000000253. The van der Waals surface area contributed by atoms with E-state index < -0.39 is 0 Å². The molecule has 3 N–H and O–H groups in total. The molecular weight excluding hydrogens is 356 g/mol. The number of aryl methyl sites for hydroxylation is 3. The molecule has 0 saturated carbocycles. The fourth-order valence-corrected chi connectivity index (χ4v) is 3.96. The van der Waals surface area contributed by atoms with Crippen molar-refractivity contribution in [3.05, 3.63) is 65.2 Å². The zero-order chi connectivity index (χ0) is 20.9. The zero-order valence-electron chi connectivity index (χ0n) is 18.8. The maximum atomic E-state index is 6.11. The second kappa shape index (κ2) is 13.4. The third-order valence-corrected chi connectivity index (χ3v) is 5.72. The predicted octanol–water partition coefficient (Wildman–Crippen LogP) is 3.97. The van der Waals surface area contributed by atoms with Crippen molar-refractivity contribution in [2.24, 2.45) is 5.73 Å². The number of likely N-dealkylation sites (tertiary alicyclic amines) is 1. The molecule has 0 amide bonds. The van der Waals surface area contributed by atoms with Gasteiger partial charge in [0.25, 0.3) is 0 Å². The largest absolute Gasteiger partial charge is 0.497 e. The van der Waals surface area contributed by atoms with Gasteiger partial charge in [0.1, 0.15) is 5.75 Å². The molecule has 1 heterocycles. The number of benzene rings is 2. The Morgan fingerprint density at radius 3 is 2.28 bits per heavy atom. The number of nitrogens with one attached hydrogen (secondary N) is 1. The molecule has 3 heteroatoms. The van der Waals surface area contributed by atoms with Crippen LogP contribution in [0, 0.1) is 6.92 Å². The fourth-order valence-electron chi connectivity index (χ4n) is 3.96. The minimum absolute atomic E-state index is 0.415. The summed E-state index contributed by atoms with van der Waals surface area (Å²) in [7, 11) is 1.71. The van der Waals surface area contributed by atoms with E-state index in [0.29, 0.717) is 6.04 Å². The van der Waals surface area contributed by atoms with E-state index in [1.807, 2.05) is 12.1 Å². The normalized spacial score (nSPS) is 19.0. The number of ether oxygens (including phenoxy) is 1. The van der Waals surface area contributed by atoms with Gasteiger partial charge in [-0.05, 0) is 62.3 Å². The highest BCUT2D eigenvalue weighted by Crippen LogP contribution is 2.12. The lowest BCUT2D eigenvalue weighted by molar-refractivity contribution is -0.900. The SMILES string of the molecule is CCCc1ccc(C)cc1.COc1ccc(CCC[NH+]2CCCCC(N)C2)cc1. The van der Waals surface area contributed by atoms with E-state index in [1.54, 1.807) is 12.0 Å². The molecule has 3 rings (SSSR count). The molecule has 0 aromatic heterocycles. The van der Waals surface area contributed by atoms with Gasteiger partial charge in [-0.2, -0.15) is 0 Å². The van der Waals surface area contributed by atoms with Crippen LogP contribution in [0.3, 0.4) is 0 Å². The maximum absolute atomic E-state index is 6.11. The van der Waals surface area contributed by atoms with Gasteiger partial charge in [-0.1, -0.05) is 55.3 Å². The summed E-state index contributed by atoms with van der Waals surface area (Å²) in [5.41, 5.74) is 10.3. The first kappa shape index (κ1) is 23.4. The Labute approximate surface area is 178 Å². The van der Waals surface area contributed by atoms with E-state index >= 15 is 0 Å². The third-order valence-electron chi connectivity index (χ3n) is 5.72. The summed E-state index contributed by atoms with van der Waals surface area (Å²) < 4.78 is 5.18. The predicted molar refractivity (Wildman–Crippen MR) is 124 cm³/mol. The van der Waals surface area contributed by atoms with Crippen molar-refractivity contribution in [1.82, 2.24) is 0 Å². The Bertz CT molecular complexity index is 666. The lowest BCUT2D eigenvalue weighted by Crippen LogP contribution is -3.13. The number of methoxy groups -OCH3 is 1. The topological polar surface area (TPSA) is 39.7 Å². The molecule has 0 aliphatic carbocycles. The first-order valence-electron chi connectivity index (χ1n) is 11.4. The highest BCUT2D eigenvalue weighted by atomic mass is 16.5. The van der Waals surface area contributed by atoms with Crippen LogP contribution in [0.4, 0.5) is 0 Å². The molecule has 1 saturated heterocycles. The van der Waals surface area contributed by atoms with E-state index in [0.717, 1.165) is 18.7 Å². The zero-order valence-corrected chi connectivity index (χ0v) is 18.8. The average Bonchev–Trinajstić information content (AvgIpc) is 2.95. The number of hydrogen-bond donors (Lipinski definition) is 2. The van der Waals surface area contributed by atoms with Gasteiger partial charge in [-0.3, -0.25) is 0 Å². The van der Waals surface area contributed by atoms with Crippen LogP contribution in [0.1, 0.15) is 55.7 Å². The van der Waals surface area contributed by atoms with Crippen molar-refractivity contribution >= 4 is 0 Å². The van der Waals surface area contributed by atoms with Gasteiger partial charge in [0.15, 0.2) is 0 Å². The number of rotatable bonds is 7. The molecule has 2 unspecified atom stereocenters. The molecule has 0 spiro atoms. The van der Waals surface area contributed by atoms with Crippen molar-refractivity contribution in [3.63, 3.8) is 0 Å². The van der Waals surface area contributed by atoms with Crippen molar-refractivity contribution in [2.45, 2.75) is 64.8 Å². The van der Waals surface area contributed by atoms with Gasteiger partial charge >= 0.3 is 0 Å². The summed E-state index contributed by atoms with van der Waals surface area (Å²) in [6.45, 7) is 8.04. The van der Waals surface area contributed by atoms with Gasteiger partial charge in [-0.15, -0.1) is 0 Å². The summed E-state index contributed by atoms with van der Waals surface area (Å²) in [5.74, 6) is 0.938. The van der Waals surface area contributed by atoms with Crippen LogP contribution in [0.15, 0.2) is 48.5 Å². The summed E-state index contributed by atoms with van der Waals surface area (Å²) in [5, 5.41) is 0. The van der Waals surface area contributed by atoms with E-state index in [9.17, 15) is 0 Å². The van der Waals surface area contributed by atoms with E-state index in [1.165, 1.54) is 68.3 Å². The molecule has 29 heavy (non-hydrogen) atoms. The van der Waals surface area contributed by atoms with Gasteiger partial charge in [0.2, 0.25) is 0 Å². The summed E-state index contributed by atoms with van der Waals surface area (Å²) >= 11 is 0. The van der Waals surface area contributed by atoms with Crippen LogP contribution in [0.25, 0.3) is 0 Å². The lowest BCUT2D eigenvalue weighted by atomic mass is 10.1. The van der Waals surface area contributed by atoms with Crippen LogP contribution < -0.4 is 15.4 Å². The molecule has 1 fully saturated rings. The van der Waals surface area contributed by atoms with E-state index in [2.05, 4.69) is 50.2 Å². The molecule has 0 bridgehead atoms. The van der Waals surface area contributed by atoms with Gasteiger partial charge in [0, 0.05) is 6.42 Å². The minimum Gasteiger partial charge on any atom is -0.497 e. The molecular formula is C26H41N2O+. The monoisotopic (exact) mass is 397 g/mol. The highest BCUT2D eigenvalue weighted by Gasteiger charge is 2.17. The Kier molecular flexibility index (Phi) is 10.8. The maximum Gasteiger partial charge on any atom is 0.118 e. The molecule has 3 nitrogen and oxygen atoms in total. The lowest BCUT2D eigenvalue weighted by Gasteiger charge is -2.19. The average molecular weight is 398 g/mol. The number of hydrogen-bond acceptors (Lipinski definition) is 2. The third kappa shape index (κ3) is 9.47. The van der Waals surface area contributed by atoms with Crippen LogP contribution in [-0.2, 0) is 12.8 Å². The molecule has 160 valence electrons. The van der Waals surface area contributed by atoms with Crippen LogP contribution in [0.5, 0.6) is 5.75 Å². The van der Waals surface area contributed by atoms with Gasteiger partial charge in [0.05, 0.1) is 32.8 Å². The molecule has 2 atom stereocenters. The Hall–Kier alpha value is -1.84. The van der Waals surface area contributed by atoms with Crippen LogP contribution in [0.2, 0.25) is 0 Å². The molecule has 2 aromatic carbocycles. The number of nitrogens with two attached hydrogens (primary N) is 1. The van der Waals surface area contributed by atoms with E-state index in [-0.39, 0.29) is 0 Å². The second-order valence-corrected chi connectivity index (χ2v) is 8.40. The van der Waals surface area contributed by atoms with Gasteiger partial charge < -0.3 is 15.4 Å². The standard InChI is InChI=1S/C16H26N2O.C10H14/c1-19-16-9-7-14(8-10-16)5-4-12-18-11-3-2-6-15(17)13-18;1-3-4-10-7-5-9(2)6-8-10/h7-10,15H,2-6,11-13,17H2,1H3;5-8H,3-4H2,1-2H3/p+1. The van der Waals surface area contributed by atoms with Crippen molar-refractivity contribution in [1.29, 1.82) is 0 Å². The molecule has 2 aromatic rings. The van der Waals surface area contributed by atoms with Crippen molar-refractivity contribution in [2.75, 3.05) is 26.7 Å². The Morgan fingerprint density at radius 1 is 0.966 bits per heavy atom. The summed E-state index contributed by atoms with van der Waals surface area (Å²) in [6.07, 6.45) is 8.71. The van der Waals surface area contributed by atoms with E-state index in [4.69, 9.17) is 10.5 Å². The van der Waals surface area contributed by atoms with Crippen LogP contribution in [-0.4, -0.2) is 32.8 Å². The smallest absolute Gasteiger partial charge is 0.118 e. The molecule has 0 radical (unpaired) electrons. The molecule has 1 aliphatic heterocycles. The second-order valence-electron chi connectivity index (χ2n) is 8.40. The van der Waals surface area contributed by atoms with Crippen molar-refractivity contribution < 1.29 is 9.64 Å². The van der Waals surface area contributed by atoms with Crippen molar-refractivity contribution in [3.8, 4) is 5.75 Å². The molecule has 1 aliphatic rings.